The average molecular weight is 285 g/mol. The van der Waals surface area contributed by atoms with Crippen molar-refractivity contribution in [2.24, 2.45) is 5.90 Å². The fraction of sp³-hybridized carbons (Fsp3) is 0.400. The minimum Gasteiger partial charge on any atom is -0.492 e. The van der Waals surface area contributed by atoms with Gasteiger partial charge in [-0.1, -0.05) is 34.8 Å². The van der Waals surface area contributed by atoms with E-state index in [9.17, 15) is 0 Å². The minimum atomic E-state index is 0.413. The molecule has 0 unspecified atom stereocenters. The second-order valence-corrected chi connectivity index (χ2v) is 4.34. The zero-order chi connectivity index (χ0) is 12.0. The number of unbranched alkanes of at least 4 members (excludes halogenated alkanes) is 1. The summed E-state index contributed by atoms with van der Waals surface area (Å²) in [6.07, 6.45) is 1.66. The Bertz CT molecular complexity index is 347. The molecule has 1 aromatic carbocycles. The SMILES string of the molecule is NOCCCCOc1cc(Cl)c(Cl)cc1Cl. The molecule has 0 aliphatic heterocycles. The fourth-order valence-corrected chi connectivity index (χ4v) is 1.68. The lowest BCUT2D eigenvalue weighted by atomic mass is 10.3. The number of nitrogens with two attached hydrogens (primary N) is 1. The van der Waals surface area contributed by atoms with Crippen LogP contribution in [-0.2, 0) is 4.84 Å². The largest absolute Gasteiger partial charge is 0.492 e. The highest BCUT2D eigenvalue weighted by Gasteiger charge is 2.06. The molecule has 0 bridgehead atoms. The lowest BCUT2D eigenvalue weighted by molar-refractivity contribution is 0.129. The van der Waals surface area contributed by atoms with Crippen molar-refractivity contribution in [2.45, 2.75) is 12.8 Å². The van der Waals surface area contributed by atoms with Gasteiger partial charge in [0.15, 0.2) is 0 Å². The standard InChI is InChI=1S/C10H12Cl3NO2/c11-7-5-9(13)10(6-8(7)12)15-3-1-2-4-16-14/h5-6H,1-4,14H2. The first-order chi connectivity index (χ1) is 7.65. The molecule has 0 aromatic heterocycles. The molecule has 3 nitrogen and oxygen atoms in total. The first kappa shape index (κ1) is 13.9. The van der Waals surface area contributed by atoms with Crippen LogP contribution in [0.4, 0.5) is 0 Å². The summed E-state index contributed by atoms with van der Waals surface area (Å²) in [4.78, 5) is 4.43. The van der Waals surface area contributed by atoms with E-state index in [2.05, 4.69) is 4.84 Å². The van der Waals surface area contributed by atoms with Crippen molar-refractivity contribution in [3.05, 3.63) is 27.2 Å². The maximum Gasteiger partial charge on any atom is 0.139 e. The number of hydrogen-bond acceptors (Lipinski definition) is 3. The van der Waals surface area contributed by atoms with E-state index in [0.29, 0.717) is 34.0 Å². The van der Waals surface area contributed by atoms with Gasteiger partial charge in [0.05, 0.1) is 28.3 Å². The molecule has 90 valence electrons. The summed E-state index contributed by atoms with van der Waals surface area (Å²) in [5, 5.41) is 1.28. The average Bonchev–Trinajstić information content (AvgIpc) is 2.25. The van der Waals surface area contributed by atoms with Crippen molar-refractivity contribution >= 4 is 34.8 Å². The molecule has 0 fully saturated rings. The van der Waals surface area contributed by atoms with E-state index in [4.69, 9.17) is 45.4 Å². The number of hydrogen-bond donors (Lipinski definition) is 1. The Kier molecular flexibility index (Phi) is 6.24. The number of benzene rings is 1. The van der Waals surface area contributed by atoms with Gasteiger partial charge < -0.3 is 9.57 Å². The molecule has 0 spiro atoms. The molecule has 0 amide bonds. The van der Waals surface area contributed by atoms with Gasteiger partial charge in [0.2, 0.25) is 0 Å². The lowest BCUT2D eigenvalue weighted by Crippen LogP contribution is -2.04. The molecule has 0 atom stereocenters. The third-order valence-corrected chi connectivity index (χ3v) is 2.91. The second-order valence-electron chi connectivity index (χ2n) is 3.12. The maximum absolute atomic E-state index is 5.93. The molecular formula is C10H12Cl3NO2. The van der Waals surface area contributed by atoms with Crippen LogP contribution in [-0.4, -0.2) is 13.2 Å². The van der Waals surface area contributed by atoms with Crippen molar-refractivity contribution in [3.8, 4) is 5.75 Å². The van der Waals surface area contributed by atoms with Crippen LogP contribution in [0, 0.1) is 0 Å². The zero-order valence-electron chi connectivity index (χ0n) is 8.51. The molecule has 0 heterocycles. The van der Waals surface area contributed by atoms with Crippen molar-refractivity contribution in [3.63, 3.8) is 0 Å². The molecule has 16 heavy (non-hydrogen) atoms. The Morgan fingerprint density at radius 1 is 0.938 bits per heavy atom. The van der Waals surface area contributed by atoms with Gasteiger partial charge in [-0.15, -0.1) is 0 Å². The molecule has 0 saturated heterocycles. The van der Waals surface area contributed by atoms with Gasteiger partial charge in [-0.25, -0.2) is 5.90 Å². The summed E-state index contributed by atoms with van der Waals surface area (Å²) in [6, 6.07) is 3.16. The van der Waals surface area contributed by atoms with Gasteiger partial charge in [-0.2, -0.15) is 0 Å². The van der Waals surface area contributed by atoms with Crippen molar-refractivity contribution in [2.75, 3.05) is 13.2 Å². The lowest BCUT2D eigenvalue weighted by Gasteiger charge is -2.08. The second kappa shape index (κ2) is 7.20. The van der Waals surface area contributed by atoms with Crippen LogP contribution in [0.15, 0.2) is 12.1 Å². The maximum atomic E-state index is 5.93. The van der Waals surface area contributed by atoms with Crippen molar-refractivity contribution in [1.29, 1.82) is 0 Å². The van der Waals surface area contributed by atoms with Crippen LogP contribution in [0.25, 0.3) is 0 Å². The Morgan fingerprint density at radius 3 is 2.25 bits per heavy atom. The zero-order valence-corrected chi connectivity index (χ0v) is 10.8. The van der Waals surface area contributed by atoms with E-state index < -0.39 is 0 Å². The summed E-state index contributed by atoms with van der Waals surface area (Å²) < 4.78 is 5.45. The number of rotatable bonds is 6. The molecule has 6 heteroatoms. The van der Waals surface area contributed by atoms with Gasteiger partial charge in [0.1, 0.15) is 5.75 Å². The van der Waals surface area contributed by atoms with Gasteiger partial charge in [-0.05, 0) is 18.9 Å². The molecule has 0 aliphatic rings. The molecule has 2 N–H and O–H groups in total. The highest BCUT2D eigenvalue weighted by atomic mass is 35.5. The molecule has 1 aromatic rings. The first-order valence-electron chi connectivity index (χ1n) is 4.74. The normalized spacial score (nSPS) is 10.5. The highest BCUT2D eigenvalue weighted by Crippen LogP contribution is 2.33. The Hall–Kier alpha value is -0.190. The Morgan fingerprint density at radius 2 is 1.56 bits per heavy atom. The number of halogens is 3. The fourth-order valence-electron chi connectivity index (χ4n) is 1.08. The molecule has 0 saturated carbocycles. The Balaban J connectivity index is 2.45. The minimum absolute atomic E-state index is 0.413. The van der Waals surface area contributed by atoms with Crippen LogP contribution in [0.1, 0.15) is 12.8 Å². The van der Waals surface area contributed by atoms with E-state index >= 15 is 0 Å². The third kappa shape index (κ3) is 4.36. The smallest absolute Gasteiger partial charge is 0.139 e. The van der Waals surface area contributed by atoms with Gasteiger partial charge >= 0.3 is 0 Å². The van der Waals surface area contributed by atoms with Crippen molar-refractivity contribution in [1.82, 2.24) is 0 Å². The van der Waals surface area contributed by atoms with E-state index in [1.807, 2.05) is 0 Å². The predicted molar refractivity (Wildman–Crippen MR) is 66.3 cm³/mol. The van der Waals surface area contributed by atoms with Gasteiger partial charge in [0.25, 0.3) is 0 Å². The summed E-state index contributed by atoms with van der Waals surface area (Å²) in [6.45, 7) is 1.04. The van der Waals surface area contributed by atoms with Crippen LogP contribution in [0.2, 0.25) is 15.1 Å². The Labute approximate surface area is 109 Å². The molecule has 0 aliphatic carbocycles. The first-order valence-corrected chi connectivity index (χ1v) is 5.87. The van der Waals surface area contributed by atoms with Crippen LogP contribution < -0.4 is 10.6 Å². The number of ether oxygens (including phenoxy) is 1. The molecule has 1 rings (SSSR count). The topological polar surface area (TPSA) is 44.5 Å². The van der Waals surface area contributed by atoms with E-state index in [1.54, 1.807) is 12.1 Å². The summed E-state index contributed by atoms with van der Waals surface area (Å²) in [7, 11) is 0. The molecule has 0 radical (unpaired) electrons. The van der Waals surface area contributed by atoms with E-state index in [0.717, 1.165) is 12.8 Å². The van der Waals surface area contributed by atoms with Crippen molar-refractivity contribution < 1.29 is 9.57 Å². The van der Waals surface area contributed by atoms with Crippen LogP contribution >= 0.6 is 34.8 Å². The quantitative estimate of drug-likeness (QED) is 0.492. The monoisotopic (exact) mass is 283 g/mol. The third-order valence-electron chi connectivity index (χ3n) is 1.89. The summed E-state index contributed by atoms with van der Waals surface area (Å²) in [5.41, 5.74) is 0. The van der Waals surface area contributed by atoms with Gasteiger partial charge in [0, 0.05) is 6.07 Å². The van der Waals surface area contributed by atoms with E-state index in [1.165, 1.54) is 0 Å². The summed E-state index contributed by atoms with van der Waals surface area (Å²) in [5.74, 6) is 5.42. The van der Waals surface area contributed by atoms with Crippen LogP contribution in [0.3, 0.4) is 0 Å². The van der Waals surface area contributed by atoms with Gasteiger partial charge in [-0.3, -0.25) is 0 Å². The predicted octanol–water partition coefficient (Wildman–Crippen LogP) is 3.70. The van der Waals surface area contributed by atoms with Crippen LogP contribution in [0.5, 0.6) is 5.75 Å². The van der Waals surface area contributed by atoms with E-state index in [-0.39, 0.29) is 0 Å². The highest BCUT2D eigenvalue weighted by molar-refractivity contribution is 6.43. The summed E-state index contributed by atoms with van der Waals surface area (Å²) >= 11 is 17.6. The molecular weight excluding hydrogens is 272 g/mol.